The van der Waals surface area contributed by atoms with E-state index >= 15 is 0 Å². The zero-order valence-corrected chi connectivity index (χ0v) is 16.3. The van der Waals surface area contributed by atoms with E-state index in [2.05, 4.69) is 20.2 Å². The van der Waals surface area contributed by atoms with E-state index in [1.807, 2.05) is 48.5 Å². The molecule has 0 aliphatic rings. The van der Waals surface area contributed by atoms with E-state index in [4.69, 9.17) is 9.15 Å². The fourth-order valence-electron chi connectivity index (χ4n) is 3.38. The van der Waals surface area contributed by atoms with Gasteiger partial charge in [0, 0.05) is 23.3 Å². The Labute approximate surface area is 175 Å². The van der Waals surface area contributed by atoms with E-state index < -0.39 is 4.92 Å². The molecule has 5 rings (SSSR count). The Bertz CT molecular complexity index is 1420. The molecule has 3 aromatic carbocycles. The van der Waals surface area contributed by atoms with Gasteiger partial charge in [-0.3, -0.25) is 10.1 Å². The maximum atomic E-state index is 11.1. The van der Waals surface area contributed by atoms with Crippen LogP contribution in [0.3, 0.4) is 0 Å². The number of benzene rings is 3. The quantitative estimate of drug-likeness (QED) is 0.322. The standard InChI is InChI=1S/C22H15N5O4/c1-30-19-9-5-4-8-16(19)22-26-25-21(31-22)15-7-3-2-6-14(15)20-23-17-11-10-13(27(28)29)12-18(17)24-20/h2-12H,1H3,(H,23,24). The van der Waals surface area contributed by atoms with Gasteiger partial charge in [-0.2, -0.15) is 0 Å². The van der Waals surface area contributed by atoms with Gasteiger partial charge in [-0.25, -0.2) is 4.98 Å². The van der Waals surface area contributed by atoms with Gasteiger partial charge in [0.2, 0.25) is 5.89 Å². The van der Waals surface area contributed by atoms with Crippen LogP contribution in [0, 0.1) is 10.1 Å². The molecule has 2 aromatic heterocycles. The molecule has 5 aromatic rings. The van der Waals surface area contributed by atoms with Crippen LogP contribution in [-0.2, 0) is 0 Å². The summed E-state index contributed by atoms with van der Waals surface area (Å²) in [7, 11) is 1.58. The molecule has 9 nitrogen and oxygen atoms in total. The first-order chi connectivity index (χ1) is 15.1. The van der Waals surface area contributed by atoms with Crippen LogP contribution in [0.25, 0.3) is 45.3 Å². The van der Waals surface area contributed by atoms with Crippen LogP contribution in [0.2, 0.25) is 0 Å². The minimum atomic E-state index is -0.439. The van der Waals surface area contributed by atoms with Gasteiger partial charge in [-0.1, -0.05) is 30.3 Å². The maximum absolute atomic E-state index is 11.1. The second-order valence-electron chi connectivity index (χ2n) is 6.70. The van der Waals surface area contributed by atoms with Crippen molar-refractivity contribution in [1.29, 1.82) is 0 Å². The molecule has 152 valence electrons. The molecule has 31 heavy (non-hydrogen) atoms. The Hall–Kier alpha value is -4.53. The van der Waals surface area contributed by atoms with E-state index in [1.54, 1.807) is 13.2 Å². The van der Waals surface area contributed by atoms with Crippen molar-refractivity contribution in [3.8, 4) is 40.0 Å². The lowest BCUT2D eigenvalue weighted by atomic mass is 10.1. The fraction of sp³-hybridized carbons (Fsp3) is 0.0455. The van der Waals surface area contributed by atoms with Crippen LogP contribution in [0.5, 0.6) is 5.75 Å². The molecule has 0 radical (unpaired) electrons. The Morgan fingerprint density at radius 3 is 2.35 bits per heavy atom. The fourth-order valence-corrected chi connectivity index (χ4v) is 3.38. The molecule has 2 heterocycles. The number of ether oxygens (including phenoxy) is 1. The third-order valence-corrected chi connectivity index (χ3v) is 4.85. The third-order valence-electron chi connectivity index (χ3n) is 4.85. The van der Waals surface area contributed by atoms with Crippen molar-refractivity contribution >= 4 is 16.7 Å². The first kappa shape index (κ1) is 18.5. The summed E-state index contributed by atoms with van der Waals surface area (Å²) in [5.41, 5.74) is 3.29. The number of hydrogen-bond acceptors (Lipinski definition) is 7. The highest BCUT2D eigenvalue weighted by Crippen LogP contribution is 2.34. The zero-order valence-electron chi connectivity index (χ0n) is 16.3. The Kier molecular flexibility index (Phi) is 4.40. The lowest BCUT2D eigenvalue weighted by molar-refractivity contribution is -0.384. The van der Waals surface area contributed by atoms with Crippen LogP contribution in [0.4, 0.5) is 5.69 Å². The third kappa shape index (κ3) is 3.27. The van der Waals surface area contributed by atoms with Gasteiger partial charge in [0.15, 0.2) is 0 Å². The number of imidazole rings is 1. The molecule has 0 bridgehead atoms. The number of nitrogens with one attached hydrogen (secondary N) is 1. The smallest absolute Gasteiger partial charge is 0.271 e. The lowest BCUT2D eigenvalue weighted by Gasteiger charge is -2.04. The lowest BCUT2D eigenvalue weighted by Crippen LogP contribution is -1.87. The van der Waals surface area contributed by atoms with Crippen LogP contribution in [0.15, 0.2) is 71.1 Å². The monoisotopic (exact) mass is 413 g/mol. The highest BCUT2D eigenvalue weighted by molar-refractivity contribution is 5.85. The summed E-state index contributed by atoms with van der Waals surface area (Å²) in [5.74, 6) is 1.83. The normalized spacial score (nSPS) is 11.0. The molecule has 9 heteroatoms. The predicted molar refractivity (Wildman–Crippen MR) is 113 cm³/mol. The molecular formula is C22H15N5O4. The van der Waals surface area contributed by atoms with E-state index in [0.717, 1.165) is 5.56 Å². The molecule has 0 atom stereocenters. The van der Waals surface area contributed by atoms with Crippen molar-refractivity contribution < 1.29 is 14.1 Å². The SMILES string of the molecule is COc1ccccc1-c1nnc(-c2ccccc2-c2nc3ccc([N+](=O)[O-])cc3[nH]2)o1. The number of fused-ring (bicyclic) bond motifs is 1. The van der Waals surface area contributed by atoms with Gasteiger partial charge in [0.25, 0.3) is 11.6 Å². The maximum Gasteiger partial charge on any atom is 0.271 e. The van der Waals surface area contributed by atoms with E-state index in [0.29, 0.717) is 45.5 Å². The number of aromatic nitrogens is 4. The molecule has 0 saturated carbocycles. The summed E-state index contributed by atoms with van der Waals surface area (Å²) in [6.45, 7) is 0. The van der Waals surface area contributed by atoms with Crippen molar-refractivity contribution in [2.75, 3.05) is 7.11 Å². The predicted octanol–water partition coefficient (Wildman–Crippen LogP) is 4.86. The number of para-hydroxylation sites is 1. The number of non-ortho nitro benzene ring substituents is 1. The Morgan fingerprint density at radius 2 is 1.61 bits per heavy atom. The second-order valence-corrected chi connectivity index (χ2v) is 6.70. The summed E-state index contributed by atoms with van der Waals surface area (Å²) in [6.07, 6.45) is 0. The molecular weight excluding hydrogens is 398 g/mol. The average molecular weight is 413 g/mol. The number of methoxy groups -OCH3 is 1. The van der Waals surface area contributed by atoms with Crippen molar-refractivity contribution in [1.82, 2.24) is 20.2 Å². The van der Waals surface area contributed by atoms with Gasteiger partial charge >= 0.3 is 0 Å². The molecule has 1 N–H and O–H groups in total. The van der Waals surface area contributed by atoms with Gasteiger partial charge in [-0.05, 0) is 24.3 Å². The van der Waals surface area contributed by atoms with Gasteiger partial charge in [-0.15, -0.1) is 10.2 Å². The number of hydrogen-bond donors (Lipinski definition) is 1. The van der Waals surface area contributed by atoms with E-state index in [1.165, 1.54) is 12.1 Å². The number of nitro benzene ring substituents is 1. The number of rotatable bonds is 5. The average Bonchev–Trinajstić information content (AvgIpc) is 3.46. The molecule has 0 aliphatic carbocycles. The van der Waals surface area contributed by atoms with Crippen molar-refractivity contribution in [3.05, 3.63) is 76.8 Å². The first-order valence-electron chi connectivity index (χ1n) is 9.35. The number of H-pyrrole nitrogens is 1. The van der Waals surface area contributed by atoms with Crippen LogP contribution < -0.4 is 4.74 Å². The number of nitrogens with zero attached hydrogens (tertiary/aromatic N) is 4. The Balaban J connectivity index is 1.59. The van der Waals surface area contributed by atoms with E-state index in [-0.39, 0.29) is 5.69 Å². The topological polar surface area (TPSA) is 120 Å². The van der Waals surface area contributed by atoms with Crippen LogP contribution in [-0.4, -0.2) is 32.2 Å². The van der Waals surface area contributed by atoms with Crippen molar-refractivity contribution in [3.63, 3.8) is 0 Å². The summed E-state index contributed by atoms with van der Waals surface area (Å²) in [6, 6.07) is 19.3. The van der Waals surface area contributed by atoms with Crippen molar-refractivity contribution in [2.45, 2.75) is 0 Å². The number of nitro groups is 1. The minimum absolute atomic E-state index is 0.00524. The van der Waals surface area contributed by atoms with E-state index in [9.17, 15) is 10.1 Å². The summed E-state index contributed by atoms with van der Waals surface area (Å²) < 4.78 is 11.3. The van der Waals surface area contributed by atoms with Gasteiger partial charge in [0.05, 0.1) is 28.6 Å². The first-order valence-corrected chi connectivity index (χ1v) is 9.35. The second kappa shape index (κ2) is 7.38. The zero-order chi connectivity index (χ0) is 21.4. The summed E-state index contributed by atoms with van der Waals surface area (Å²) >= 11 is 0. The molecule has 0 spiro atoms. The Morgan fingerprint density at radius 1 is 0.935 bits per heavy atom. The molecule has 0 aliphatic heterocycles. The molecule has 0 amide bonds. The molecule has 0 saturated heterocycles. The molecule has 0 unspecified atom stereocenters. The van der Waals surface area contributed by atoms with Crippen LogP contribution in [0.1, 0.15) is 0 Å². The highest BCUT2D eigenvalue weighted by atomic mass is 16.6. The van der Waals surface area contributed by atoms with Gasteiger partial charge in [0.1, 0.15) is 11.6 Å². The summed E-state index contributed by atoms with van der Waals surface area (Å²) in [4.78, 5) is 18.3. The molecule has 0 fully saturated rings. The highest BCUT2D eigenvalue weighted by Gasteiger charge is 2.19. The largest absolute Gasteiger partial charge is 0.496 e. The number of aromatic amines is 1. The minimum Gasteiger partial charge on any atom is -0.496 e. The van der Waals surface area contributed by atoms with Gasteiger partial charge < -0.3 is 14.1 Å². The van der Waals surface area contributed by atoms with Crippen LogP contribution >= 0.6 is 0 Å². The van der Waals surface area contributed by atoms with Crippen molar-refractivity contribution in [2.24, 2.45) is 0 Å². The summed E-state index contributed by atoms with van der Waals surface area (Å²) in [5, 5.41) is 19.5.